The Kier molecular flexibility index (Phi) is 6.37. The van der Waals surface area contributed by atoms with Crippen LogP contribution in [0, 0.1) is 23.7 Å². The zero-order valence-corrected chi connectivity index (χ0v) is 19.6. The van der Waals surface area contributed by atoms with Crippen LogP contribution < -0.4 is 5.73 Å². The summed E-state index contributed by atoms with van der Waals surface area (Å²) in [5.74, 6) is -0.335. The van der Waals surface area contributed by atoms with E-state index in [0.717, 1.165) is 37.7 Å². The number of cyclic esters (lactones) is 1. The maximum absolute atomic E-state index is 12.7. The van der Waals surface area contributed by atoms with E-state index in [-0.39, 0.29) is 17.8 Å². The lowest BCUT2D eigenvalue weighted by Crippen LogP contribution is -2.66. The topological polar surface area (TPSA) is 89.6 Å². The van der Waals surface area contributed by atoms with Crippen molar-refractivity contribution >= 4 is 11.9 Å². The maximum Gasteiger partial charge on any atom is 0.338 e. The van der Waals surface area contributed by atoms with Gasteiger partial charge in [0.1, 0.15) is 12.1 Å². The van der Waals surface area contributed by atoms with Gasteiger partial charge in [-0.15, -0.1) is 0 Å². The number of carboxylic acid groups (broad SMARTS) is 1. The summed E-state index contributed by atoms with van der Waals surface area (Å²) in [7, 11) is 0. The molecule has 0 radical (unpaired) electrons. The lowest BCUT2D eigenvalue weighted by molar-refractivity contribution is -0.150. The number of rotatable bonds is 6. The van der Waals surface area contributed by atoms with Crippen LogP contribution in [0.4, 0.5) is 0 Å². The molecule has 0 bridgehead atoms. The summed E-state index contributed by atoms with van der Waals surface area (Å²) in [6.07, 6.45) is 10.2. The van der Waals surface area contributed by atoms with Crippen molar-refractivity contribution in [3.8, 4) is 0 Å². The predicted octanol–water partition coefficient (Wildman–Crippen LogP) is 4.78. The van der Waals surface area contributed by atoms with E-state index in [9.17, 15) is 14.7 Å². The minimum atomic E-state index is -1.36. The Bertz CT molecular complexity index is 992. The monoisotopic (exact) mass is 449 g/mol. The molecule has 33 heavy (non-hydrogen) atoms. The molecule has 5 nitrogen and oxygen atoms in total. The summed E-state index contributed by atoms with van der Waals surface area (Å²) in [5, 5.41) is 10.4. The van der Waals surface area contributed by atoms with Crippen molar-refractivity contribution < 1.29 is 19.4 Å². The van der Waals surface area contributed by atoms with E-state index < -0.39 is 16.9 Å². The van der Waals surface area contributed by atoms with Gasteiger partial charge in [0.15, 0.2) is 0 Å². The van der Waals surface area contributed by atoms with Gasteiger partial charge < -0.3 is 15.6 Å². The first kappa shape index (κ1) is 23.5. The molecular formula is C28H35NO4. The SMILES string of the molecule is C=C1CCC2CC(C(N)(C(=O)O)C(C)(C)c3ccccc3)CCC2C1/C=C/C1=CCOC1=O. The molecule has 5 atom stereocenters. The minimum Gasteiger partial charge on any atom is -0.480 e. The largest absolute Gasteiger partial charge is 0.480 e. The molecule has 0 spiro atoms. The molecule has 4 rings (SSSR count). The van der Waals surface area contributed by atoms with E-state index in [1.807, 2.05) is 50.3 Å². The van der Waals surface area contributed by atoms with Crippen LogP contribution in [0.15, 0.2) is 66.3 Å². The number of carboxylic acids is 1. The van der Waals surface area contributed by atoms with Gasteiger partial charge in [0.05, 0.1) is 5.57 Å². The molecule has 5 heteroatoms. The molecule has 2 saturated carbocycles. The molecule has 3 aliphatic rings. The van der Waals surface area contributed by atoms with E-state index in [0.29, 0.717) is 24.0 Å². The maximum atomic E-state index is 12.7. The van der Waals surface area contributed by atoms with E-state index >= 15 is 0 Å². The summed E-state index contributed by atoms with van der Waals surface area (Å²) >= 11 is 0. The molecule has 0 aromatic heterocycles. The van der Waals surface area contributed by atoms with Crippen molar-refractivity contribution in [2.45, 2.75) is 56.9 Å². The molecule has 1 aliphatic heterocycles. The van der Waals surface area contributed by atoms with Crippen molar-refractivity contribution in [3.05, 3.63) is 71.8 Å². The van der Waals surface area contributed by atoms with Gasteiger partial charge in [0.25, 0.3) is 0 Å². The smallest absolute Gasteiger partial charge is 0.338 e. The molecular weight excluding hydrogens is 414 g/mol. The number of hydrogen-bond donors (Lipinski definition) is 2. The van der Waals surface area contributed by atoms with Crippen LogP contribution in [0.2, 0.25) is 0 Å². The number of fused-ring (bicyclic) bond motifs is 1. The number of esters is 1. The van der Waals surface area contributed by atoms with Gasteiger partial charge in [-0.3, -0.25) is 4.79 Å². The third kappa shape index (κ3) is 4.08. The van der Waals surface area contributed by atoms with Gasteiger partial charge in [-0.1, -0.05) is 68.5 Å². The highest BCUT2D eigenvalue weighted by Gasteiger charge is 2.56. The fraction of sp³-hybridized carbons (Fsp3) is 0.500. The predicted molar refractivity (Wildman–Crippen MR) is 128 cm³/mol. The Morgan fingerprint density at radius 2 is 1.94 bits per heavy atom. The van der Waals surface area contributed by atoms with Crippen LogP contribution >= 0.6 is 0 Å². The quantitative estimate of drug-likeness (QED) is 0.482. The van der Waals surface area contributed by atoms with Crippen LogP contribution in [-0.4, -0.2) is 29.2 Å². The number of carbonyl (C=O) groups excluding carboxylic acids is 1. The highest BCUT2D eigenvalue weighted by molar-refractivity contribution is 5.93. The van der Waals surface area contributed by atoms with Crippen molar-refractivity contribution in [2.24, 2.45) is 29.4 Å². The molecule has 0 amide bonds. The molecule has 5 unspecified atom stereocenters. The van der Waals surface area contributed by atoms with Gasteiger partial charge in [0.2, 0.25) is 0 Å². The first-order valence-electron chi connectivity index (χ1n) is 12.0. The Morgan fingerprint density at radius 3 is 2.58 bits per heavy atom. The molecule has 1 heterocycles. The number of allylic oxidation sites excluding steroid dienone is 2. The zero-order valence-electron chi connectivity index (χ0n) is 19.6. The molecule has 1 aromatic rings. The summed E-state index contributed by atoms with van der Waals surface area (Å²) < 4.78 is 5.01. The van der Waals surface area contributed by atoms with Crippen LogP contribution in [0.5, 0.6) is 0 Å². The van der Waals surface area contributed by atoms with E-state index in [1.165, 1.54) is 5.57 Å². The fourth-order valence-electron chi connectivity index (χ4n) is 6.39. The van der Waals surface area contributed by atoms with Crippen molar-refractivity contribution in [1.29, 1.82) is 0 Å². The zero-order chi connectivity index (χ0) is 23.8. The highest BCUT2D eigenvalue weighted by Crippen LogP contribution is 2.52. The average Bonchev–Trinajstić information content (AvgIpc) is 3.22. The second kappa shape index (κ2) is 8.94. The van der Waals surface area contributed by atoms with Gasteiger partial charge in [-0.25, -0.2) is 4.79 Å². The minimum absolute atomic E-state index is 0.116. The van der Waals surface area contributed by atoms with E-state index in [4.69, 9.17) is 10.5 Å². The second-order valence-electron chi connectivity index (χ2n) is 10.4. The standard InChI is InChI=1S/C28H35NO4/c1-18-9-10-20-17-22(12-14-24(20)23(18)13-11-19-15-16-33-25(19)30)28(29,26(31)32)27(2,3)21-7-5-4-6-8-21/h4-8,11,13,15,20,22-24H,1,9-10,12,14,16-17,29H2,2-3H3,(H,31,32)/b13-11+. The van der Waals surface area contributed by atoms with Crippen LogP contribution in [-0.2, 0) is 19.7 Å². The summed E-state index contributed by atoms with van der Waals surface area (Å²) in [6.45, 7) is 8.58. The number of ether oxygens (including phenoxy) is 1. The number of aliphatic carboxylic acids is 1. The molecule has 2 aliphatic carbocycles. The number of carbonyl (C=O) groups is 2. The molecule has 1 aromatic carbocycles. The second-order valence-corrected chi connectivity index (χ2v) is 10.4. The van der Waals surface area contributed by atoms with Crippen LogP contribution in [0.25, 0.3) is 0 Å². The van der Waals surface area contributed by atoms with E-state index in [1.54, 1.807) is 6.08 Å². The molecule has 2 fully saturated rings. The fourth-order valence-corrected chi connectivity index (χ4v) is 6.39. The lowest BCUT2D eigenvalue weighted by atomic mass is 9.54. The van der Waals surface area contributed by atoms with Crippen molar-refractivity contribution in [2.75, 3.05) is 6.61 Å². The van der Waals surface area contributed by atoms with Gasteiger partial charge in [0, 0.05) is 11.3 Å². The van der Waals surface area contributed by atoms with Crippen LogP contribution in [0.1, 0.15) is 51.5 Å². The first-order valence-corrected chi connectivity index (χ1v) is 12.0. The normalized spacial score (nSPS) is 29.8. The van der Waals surface area contributed by atoms with Crippen LogP contribution in [0.3, 0.4) is 0 Å². The molecule has 3 N–H and O–H groups in total. The third-order valence-corrected chi connectivity index (χ3v) is 8.57. The Labute approximate surface area is 196 Å². The lowest BCUT2D eigenvalue weighted by Gasteiger charge is -2.52. The van der Waals surface area contributed by atoms with Gasteiger partial charge in [-0.2, -0.15) is 0 Å². The number of benzene rings is 1. The Hall–Kier alpha value is -2.66. The molecule has 176 valence electrons. The summed E-state index contributed by atoms with van der Waals surface area (Å²) in [4.78, 5) is 24.5. The Morgan fingerprint density at radius 1 is 1.21 bits per heavy atom. The third-order valence-electron chi connectivity index (χ3n) is 8.57. The average molecular weight is 450 g/mol. The number of hydrogen-bond acceptors (Lipinski definition) is 4. The van der Waals surface area contributed by atoms with E-state index in [2.05, 4.69) is 12.7 Å². The summed E-state index contributed by atoms with van der Waals surface area (Å²) in [6, 6.07) is 9.77. The highest BCUT2D eigenvalue weighted by atomic mass is 16.5. The summed E-state index contributed by atoms with van der Waals surface area (Å²) in [5.41, 5.74) is 7.55. The van der Waals surface area contributed by atoms with Gasteiger partial charge >= 0.3 is 11.9 Å². The molecule has 0 saturated heterocycles. The first-order chi connectivity index (χ1) is 15.7. The number of nitrogens with two attached hydrogens (primary N) is 1. The van der Waals surface area contributed by atoms with Gasteiger partial charge in [-0.05, 0) is 61.5 Å². The van der Waals surface area contributed by atoms with Crippen molar-refractivity contribution in [1.82, 2.24) is 0 Å². The van der Waals surface area contributed by atoms with Crippen molar-refractivity contribution in [3.63, 3.8) is 0 Å². The Balaban J connectivity index is 1.57.